The Labute approximate surface area is 153 Å². The molecule has 1 aliphatic rings. The second kappa shape index (κ2) is 7.07. The van der Waals surface area contributed by atoms with Crippen LogP contribution in [0.3, 0.4) is 0 Å². The second-order valence-electron chi connectivity index (χ2n) is 6.83. The molecular formula is C19H23N3O3S. The van der Waals surface area contributed by atoms with Gasteiger partial charge in [-0.1, -0.05) is 17.7 Å². The molecule has 0 radical (unpaired) electrons. The van der Waals surface area contributed by atoms with Crippen LogP contribution in [-0.4, -0.2) is 36.6 Å². The Bertz CT molecular complexity index is 957. The lowest BCUT2D eigenvalue weighted by atomic mass is 10.1. The first-order valence-corrected chi connectivity index (χ1v) is 10.4. The molecule has 2 aromatic rings. The van der Waals surface area contributed by atoms with E-state index in [-0.39, 0.29) is 17.4 Å². The molecule has 0 saturated carbocycles. The lowest BCUT2D eigenvalue weighted by Gasteiger charge is -2.09. The standard InChI is InChI=1S/C19H23N3O3S/c1-13-4-6-18(7-5-13)22-14(2)10-17(15(22)3)11-20-21-19(23)16-8-9-26(24,25)12-16/h4-7,10-11,16H,8-9,12H2,1-3H3,(H,21,23)/b20-11-/t16-/m0/s1. The number of nitrogens with zero attached hydrogens (tertiary/aromatic N) is 2. The number of hydrogen-bond donors (Lipinski definition) is 1. The van der Waals surface area contributed by atoms with Crippen LogP contribution in [0.15, 0.2) is 35.4 Å². The smallest absolute Gasteiger partial charge is 0.244 e. The molecule has 6 nitrogen and oxygen atoms in total. The summed E-state index contributed by atoms with van der Waals surface area (Å²) in [4.78, 5) is 12.0. The molecule has 1 aliphatic heterocycles. The minimum absolute atomic E-state index is 0.0759. The van der Waals surface area contributed by atoms with Gasteiger partial charge in [-0.3, -0.25) is 4.79 Å². The summed E-state index contributed by atoms with van der Waals surface area (Å²) in [5.74, 6) is -0.852. The lowest BCUT2D eigenvalue weighted by Crippen LogP contribution is -2.27. The number of aryl methyl sites for hydroxylation is 2. The Hall–Kier alpha value is -2.41. The molecule has 0 spiro atoms. The van der Waals surface area contributed by atoms with Gasteiger partial charge in [0.2, 0.25) is 5.91 Å². The average molecular weight is 373 g/mol. The number of benzene rings is 1. The SMILES string of the molecule is Cc1ccc(-n2c(C)cc(/C=N\NC(=O)[C@H]3CCS(=O)(=O)C3)c2C)cc1. The number of amides is 1. The highest BCUT2D eigenvalue weighted by molar-refractivity contribution is 7.91. The summed E-state index contributed by atoms with van der Waals surface area (Å²) < 4.78 is 25.1. The summed E-state index contributed by atoms with van der Waals surface area (Å²) in [6.07, 6.45) is 1.97. The van der Waals surface area contributed by atoms with Crippen molar-refractivity contribution in [3.05, 3.63) is 52.8 Å². The van der Waals surface area contributed by atoms with Crippen molar-refractivity contribution >= 4 is 22.0 Å². The Morgan fingerprint density at radius 2 is 1.92 bits per heavy atom. The van der Waals surface area contributed by atoms with Crippen molar-refractivity contribution in [2.75, 3.05) is 11.5 Å². The molecule has 0 unspecified atom stereocenters. The molecule has 1 amide bonds. The summed E-state index contributed by atoms with van der Waals surface area (Å²) in [7, 11) is -3.08. The zero-order valence-electron chi connectivity index (χ0n) is 15.2. The Morgan fingerprint density at radius 1 is 1.23 bits per heavy atom. The summed E-state index contributed by atoms with van der Waals surface area (Å²) in [5, 5.41) is 4.02. The van der Waals surface area contributed by atoms with E-state index in [2.05, 4.69) is 46.3 Å². The predicted octanol–water partition coefficient (Wildman–Crippen LogP) is 2.29. The van der Waals surface area contributed by atoms with E-state index in [0.717, 1.165) is 22.6 Å². The normalized spacial score (nSPS) is 19.1. The van der Waals surface area contributed by atoms with Gasteiger partial charge in [0.1, 0.15) is 0 Å². The van der Waals surface area contributed by atoms with Crippen LogP contribution in [0, 0.1) is 26.7 Å². The number of nitrogens with one attached hydrogen (secondary N) is 1. The van der Waals surface area contributed by atoms with Crippen LogP contribution in [0.25, 0.3) is 5.69 Å². The molecule has 0 bridgehead atoms. The highest BCUT2D eigenvalue weighted by Gasteiger charge is 2.32. The topological polar surface area (TPSA) is 80.5 Å². The first-order valence-electron chi connectivity index (χ1n) is 8.56. The van der Waals surface area contributed by atoms with Crippen LogP contribution < -0.4 is 5.43 Å². The summed E-state index contributed by atoms with van der Waals surface area (Å²) in [5.41, 5.74) is 7.75. The molecular weight excluding hydrogens is 350 g/mol. The fourth-order valence-corrected chi connectivity index (χ4v) is 5.01. The van der Waals surface area contributed by atoms with Gasteiger partial charge < -0.3 is 4.57 Å². The molecule has 2 heterocycles. The first-order chi connectivity index (χ1) is 12.3. The van der Waals surface area contributed by atoms with Gasteiger partial charge in [-0.25, -0.2) is 13.8 Å². The minimum atomic E-state index is -3.08. The van der Waals surface area contributed by atoms with Gasteiger partial charge in [-0.15, -0.1) is 0 Å². The van der Waals surface area contributed by atoms with E-state index in [1.54, 1.807) is 6.21 Å². The molecule has 7 heteroatoms. The molecule has 1 atom stereocenters. The molecule has 0 aliphatic carbocycles. The van der Waals surface area contributed by atoms with E-state index in [4.69, 9.17) is 0 Å². The van der Waals surface area contributed by atoms with E-state index < -0.39 is 15.8 Å². The summed E-state index contributed by atoms with van der Waals surface area (Å²) >= 11 is 0. The van der Waals surface area contributed by atoms with Crippen molar-refractivity contribution < 1.29 is 13.2 Å². The monoisotopic (exact) mass is 373 g/mol. The zero-order chi connectivity index (χ0) is 18.9. The maximum atomic E-state index is 12.0. The van der Waals surface area contributed by atoms with E-state index in [9.17, 15) is 13.2 Å². The van der Waals surface area contributed by atoms with Crippen molar-refractivity contribution in [2.45, 2.75) is 27.2 Å². The average Bonchev–Trinajstić information content (AvgIpc) is 3.08. The largest absolute Gasteiger partial charge is 0.318 e. The maximum absolute atomic E-state index is 12.0. The van der Waals surface area contributed by atoms with Gasteiger partial charge in [-0.2, -0.15) is 5.10 Å². The van der Waals surface area contributed by atoms with Gasteiger partial charge in [-0.05, 0) is 45.4 Å². The van der Waals surface area contributed by atoms with E-state index in [0.29, 0.717) is 6.42 Å². The number of sulfone groups is 1. The van der Waals surface area contributed by atoms with Crippen LogP contribution in [0.4, 0.5) is 0 Å². The third kappa shape index (κ3) is 3.88. The van der Waals surface area contributed by atoms with Crippen molar-refractivity contribution in [3.63, 3.8) is 0 Å². The number of carbonyl (C=O) groups is 1. The fourth-order valence-electron chi connectivity index (χ4n) is 3.27. The number of carbonyl (C=O) groups excluding carboxylic acids is 1. The molecule has 1 saturated heterocycles. The number of hydrazone groups is 1. The van der Waals surface area contributed by atoms with Gasteiger partial charge in [0.25, 0.3) is 0 Å². The molecule has 1 N–H and O–H groups in total. The van der Waals surface area contributed by atoms with E-state index in [1.165, 1.54) is 5.56 Å². The van der Waals surface area contributed by atoms with E-state index in [1.807, 2.05) is 19.9 Å². The van der Waals surface area contributed by atoms with Crippen LogP contribution >= 0.6 is 0 Å². The van der Waals surface area contributed by atoms with Crippen LogP contribution in [0.5, 0.6) is 0 Å². The van der Waals surface area contributed by atoms with Gasteiger partial charge in [0.05, 0.1) is 23.6 Å². The predicted molar refractivity (Wildman–Crippen MR) is 102 cm³/mol. The molecule has 1 aromatic heterocycles. The number of rotatable bonds is 4. The van der Waals surface area contributed by atoms with Crippen molar-refractivity contribution in [2.24, 2.45) is 11.0 Å². The van der Waals surface area contributed by atoms with Gasteiger partial charge in [0, 0.05) is 22.6 Å². The third-order valence-corrected chi connectivity index (χ3v) is 6.51. The fraction of sp³-hybridized carbons (Fsp3) is 0.368. The van der Waals surface area contributed by atoms with Crippen molar-refractivity contribution in [1.29, 1.82) is 0 Å². The van der Waals surface area contributed by atoms with E-state index >= 15 is 0 Å². The Morgan fingerprint density at radius 3 is 2.54 bits per heavy atom. The quantitative estimate of drug-likeness (QED) is 0.659. The van der Waals surface area contributed by atoms with Crippen molar-refractivity contribution in [3.8, 4) is 5.69 Å². The summed E-state index contributed by atoms with van der Waals surface area (Å²) in [6.45, 7) is 6.07. The Balaban J connectivity index is 1.72. The van der Waals surface area contributed by atoms with Gasteiger partial charge in [0.15, 0.2) is 9.84 Å². The second-order valence-corrected chi connectivity index (χ2v) is 9.06. The van der Waals surface area contributed by atoms with Crippen LogP contribution in [-0.2, 0) is 14.6 Å². The first kappa shape index (κ1) is 18.4. The Kier molecular flexibility index (Phi) is 5.00. The molecule has 1 aromatic carbocycles. The molecule has 3 rings (SSSR count). The molecule has 138 valence electrons. The number of hydrogen-bond acceptors (Lipinski definition) is 4. The van der Waals surface area contributed by atoms with Crippen LogP contribution in [0.2, 0.25) is 0 Å². The van der Waals surface area contributed by atoms with Crippen molar-refractivity contribution in [1.82, 2.24) is 9.99 Å². The minimum Gasteiger partial charge on any atom is -0.318 e. The lowest BCUT2D eigenvalue weighted by molar-refractivity contribution is -0.124. The zero-order valence-corrected chi connectivity index (χ0v) is 16.0. The maximum Gasteiger partial charge on any atom is 0.244 e. The third-order valence-electron chi connectivity index (χ3n) is 4.74. The summed E-state index contributed by atoms with van der Waals surface area (Å²) in [6, 6.07) is 10.3. The highest BCUT2D eigenvalue weighted by Crippen LogP contribution is 2.20. The highest BCUT2D eigenvalue weighted by atomic mass is 32.2. The molecule has 26 heavy (non-hydrogen) atoms. The van der Waals surface area contributed by atoms with Gasteiger partial charge >= 0.3 is 0 Å². The molecule has 1 fully saturated rings. The van der Waals surface area contributed by atoms with Crippen LogP contribution in [0.1, 0.15) is 28.9 Å². The number of aromatic nitrogens is 1.